The summed E-state index contributed by atoms with van der Waals surface area (Å²) in [5, 5.41) is 3.35. The Labute approximate surface area is 173 Å². The summed E-state index contributed by atoms with van der Waals surface area (Å²) < 4.78 is 44.2. The highest BCUT2D eigenvalue weighted by atomic mass is 19.4. The van der Waals surface area contributed by atoms with E-state index >= 15 is 0 Å². The second kappa shape index (κ2) is 7.74. The lowest BCUT2D eigenvalue weighted by atomic mass is 9.96. The molecule has 0 saturated carbocycles. The van der Waals surface area contributed by atoms with Gasteiger partial charge in [-0.05, 0) is 55.7 Å². The van der Waals surface area contributed by atoms with Gasteiger partial charge in [0.2, 0.25) is 0 Å². The number of hydrogen-bond acceptors (Lipinski definition) is 4. The number of amides is 1. The molecule has 0 radical (unpaired) electrons. The number of aryl methyl sites for hydroxylation is 1. The molecule has 0 aromatic heterocycles. The predicted molar refractivity (Wildman–Crippen MR) is 111 cm³/mol. The van der Waals surface area contributed by atoms with E-state index in [0.717, 1.165) is 28.3 Å². The van der Waals surface area contributed by atoms with Gasteiger partial charge in [0.15, 0.2) is 6.61 Å². The average Bonchev–Trinajstić information content (AvgIpc) is 2.72. The van der Waals surface area contributed by atoms with Crippen molar-refractivity contribution in [2.45, 2.75) is 25.9 Å². The molecule has 30 heavy (non-hydrogen) atoms. The summed E-state index contributed by atoms with van der Waals surface area (Å²) in [6.45, 7) is 2.80. The van der Waals surface area contributed by atoms with Gasteiger partial charge in [0.25, 0.3) is 5.91 Å². The molecule has 160 valence electrons. The largest absolute Gasteiger partial charge is 0.481 e. The SMILES string of the molecule is Cc1cc(N2CCC(C(F)(F)F)CC2)ccc1Nc1ccc2c(c1)OCC(=O)N2C. The van der Waals surface area contributed by atoms with Crippen LogP contribution in [-0.2, 0) is 4.79 Å². The van der Waals surface area contributed by atoms with Crippen molar-refractivity contribution in [3.8, 4) is 5.75 Å². The van der Waals surface area contributed by atoms with Crippen molar-refractivity contribution in [3.05, 3.63) is 42.0 Å². The molecule has 8 heteroatoms. The number of nitrogens with one attached hydrogen (secondary N) is 1. The van der Waals surface area contributed by atoms with Crippen LogP contribution in [0.1, 0.15) is 18.4 Å². The van der Waals surface area contributed by atoms with Gasteiger partial charge in [-0.2, -0.15) is 13.2 Å². The number of carbonyl (C=O) groups excluding carboxylic acids is 1. The first kappa shape index (κ1) is 20.4. The van der Waals surface area contributed by atoms with Crippen LogP contribution in [0.4, 0.5) is 35.9 Å². The lowest BCUT2D eigenvalue weighted by Gasteiger charge is -2.34. The highest BCUT2D eigenvalue weighted by Crippen LogP contribution is 2.37. The molecule has 1 amide bonds. The van der Waals surface area contributed by atoms with Gasteiger partial charge in [0.1, 0.15) is 5.75 Å². The van der Waals surface area contributed by atoms with E-state index in [2.05, 4.69) is 5.32 Å². The van der Waals surface area contributed by atoms with Crippen LogP contribution < -0.4 is 19.9 Å². The third-order valence-corrected chi connectivity index (χ3v) is 5.86. The van der Waals surface area contributed by atoms with Crippen molar-refractivity contribution in [3.63, 3.8) is 0 Å². The fraction of sp³-hybridized carbons (Fsp3) is 0.409. The fourth-order valence-corrected chi connectivity index (χ4v) is 3.96. The summed E-state index contributed by atoms with van der Waals surface area (Å²) >= 11 is 0. The molecule has 1 saturated heterocycles. The second-order valence-corrected chi connectivity index (χ2v) is 7.85. The highest BCUT2D eigenvalue weighted by Gasteiger charge is 2.41. The topological polar surface area (TPSA) is 44.8 Å². The Hall–Kier alpha value is -2.90. The van der Waals surface area contributed by atoms with E-state index in [1.54, 1.807) is 11.9 Å². The number of hydrogen-bond donors (Lipinski definition) is 1. The number of anilines is 4. The molecule has 2 aromatic carbocycles. The minimum atomic E-state index is -4.10. The standard InChI is InChI=1S/C22H24F3N3O2/c1-14-11-17(28-9-7-15(8-10-28)22(23,24)25)4-5-18(14)26-16-3-6-19-20(12-16)30-13-21(29)27(19)2/h3-6,11-12,15,26H,7-10,13H2,1-2H3. The molecule has 0 atom stereocenters. The Kier molecular flexibility index (Phi) is 5.26. The molecule has 2 aliphatic rings. The zero-order chi connectivity index (χ0) is 21.5. The number of likely N-dealkylation sites (N-methyl/N-ethyl adjacent to an activating group) is 1. The van der Waals surface area contributed by atoms with Gasteiger partial charge < -0.3 is 19.9 Å². The molecule has 5 nitrogen and oxygen atoms in total. The Balaban J connectivity index is 1.45. The van der Waals surface area contributed by atoms with Crippen LogP contribution in [0.2, 0.25) is 0 Å². The first-order valence-corrected chi connectivity index (χ1v) is 9.95. The quantitative estimate of drug-likeness (QED) is 0.771. The summed E-state index contributed by atoms with van der Waals surface area (Å²) in [5.41, 5.74) is 4.40. The summed E-state index contributed by atoms with van der Waals surface area (Å²) in [7, 11) is 1.72. The monoisotopic (exact) mass is 419 g/mol. The van der Waals surface area contributed by atoms with E-state index in [9.17, 15) is 18.0 Å². The molecule has 2 heterocycles. The van der Waals surface area contributed by atoms with Gasteiger partial charge in [-0.3, -0.25) is 4.79 Å². The molecular formula is C22H24F3N3O2. The fourth-order valence-electron chi connectivity index (χ4n) is 3.96. The maximum atomic E-state index is 12.9. The predicted octanol–water partition coefficient (Wildman–Crippen LogP) is 4.87. The van der Waals surface area contributed by atoms with Crippen LogP contribution in [0.3, 0.4) is 0 Å². The number of benzene rings is 2. The Morgan fingerprint density at radius 2 is 1.83 bits per heavy atom. The first-order valence-electron chi connectivity index (χ1n) is 9.95. The normalized spacial score (nSPS) is 17.6. The van der Waals surface area contributed by atoms with E-state index < -0.39 is 12.1 Å². The average molecular weight is 419 g/mol. The summed E-state index contributed by atoms with van der Waals surface area (Å²) in [6, 6.07) is 11.4. The van der Waals surface area contributed by atoms with Crippen molar-refractivity contribution in [2.24, 2.45) is 5.92 Å². The van der Waals surface area contributed by atoms with Gasteiger partial charge in [0.05, 0.1) is 11.6 Å². The number of fused-ring (bicyclic) bond motifs is 1. The van der Waals surface area contributed by atoms with Crippen molar-refractivity contribution < 1.29 is 22.7 Å². The number of alkyl halides is 3. The van der Waals surface area contributed by atoms with Crippen molar-refractivity contribution in [1.82, 2.24) is 0 Å². The maximum Gasteiger partial charge on any atom is 0.391 e. The number of nitrogens with zero attached hydrogens (tertiary/aromatic N) is 2. The number of piperidine rings is 1. The number of rotatable bonds is 3. The second-order valence-electron chi connectivity index (χ2n) is 7.85. The zero-order valence-corrected chi connectivity index (χ0v) is 16.9. The van der Waals surface area contributed by atoms with E-state index in [1.807, 2.05) is 48.2 Å². The van der Waals surface area contributed by atoms with E-state index in [0.29, 0.717) is 18.8 Å². The molecular weight excluding hydrogens is 395 g/mol. The number of carbonyl (C=O) groups is 1. The van der Waals surface area contributed by atoms with Crippen LogP contribution >= 0.6 is 0 Å². The number of halogens is 3. The van der Waals surface area contributed by atoms with Gasteiger partial charge >= 0.3 is 6.18 Å². The van der Waals surface area contributed by atoms with Gasteiger partial charge in [-0.25, -0.2) is 0 Å². The summed E-state index contributed by atoms with van der Waals surface area (Å²) in [5.74, 6) is -0.644. The summed E-state index contributed by atoms with van der Waals surface area (Å²) in [6.07, 6.45) is -3.83. The summed E-state index contributed by atoms with van der Waals surface area (Å²) in [4.78, 5) is 15.3. The molecule has 1 fully saturated rings. The Bertz CT molecular complexity index is 953. The van der Waals surface area contributed by atoms with Crippen LogP contribution in [0, 0.1) is 12.8 Å². The van der Waals surface area contributed by atoms with E-state index in [1.165, 1.54) is 0 Å². The minimum Gasteiger partial charge on any atom is -0.481 e. The molecule has 2 aromatic rings. The lowest BCUT2D eigenvalue weighted by Crippen LogP contribution is -2.39. The Morgan fingerprint density at radius 3 is 2.50 bits per heavy atom. The maximum absolute atomic E-state index is 12.9. The van der Waals surface area contributed by atoms with Crippen molar-refractivity contribution in [2.75, 3.05) is 41.9 Å². The van der Waals surface area contributed by atoms with Crippen LogP contribution in [0.25, 0.3) is 0 Å². The van der Waals surface area contributed by atoms with Crippen molar-refractivity contribution >= 4 is 28.7 Å². The van der Waals surface area contributed by atoms with E-state index in [4.69, 9.17) is 4.74 Å². The van der Waals surface area contributed by atoms with E-state index in [-0.39, 0.29) is 25.4 Å². The molecule has 1 N–H and O–H groups in total. The Morgan fingerprint density at radius 1 is 1.10 bits per heavy atom. The molecule has 2 aliphatic heterocycles. The third kappa shape index (κ3) is 4.04. The first-order chi connectivity index (χ1) is 14.2. The number of ether oxygens (including phenoxy) is 1. The van der Waals surface area contributed by atoms with Crippen LogP contribution in [0.5, 0.6) is 5.75 Å². The highest BCUT2D eigenvalue weighted by molar-refractivity contribution is 5.97. The third-order valence-electron chi connectivity index (χ3n) is 5.86. The lowest BCUT2D eigenvalue weighted by molar-refractivity contribution is -0.179. The molecule has 0 aliphatic carbocycles. The van der Waals surface area contributed by atoms with Crippen LogP contribution in [-0.4, -0.2) is 38.8 Å². The van der Waals surface area contributed by atoms with Gasteiger partial charge in [0, 0.05) is 43.3 Å². The van der Waals surface area contributed by atoms with Crippen molar-refractivity contribution in [1.29, 1.82) is 0 Å². The zero-order valence-electron chi connectivity index (χ0n) is 16.9. The van der Waals surface area contributed by atoms with Gasteiger partial charge in [-0.15, -0.1) is 0 Å². The van der Waals surface area contributed by atoms with Gasteiger partial charge in [-0.1, -0.05) is 0 Å². The smallest absolute Gasteiger partial charge is 0.391 e. The van der Waals surface area contributed by atoms with Crippen LogP contribution in [0.15, 0.2) is 36.4 Å². The molecule has 0 unspecified atom stereocenters. The molecule has 0 bridgehead atoms. The molecule has 0 spiro atoms. The minimum absolute atomic E-state index is 0.0196. The molecule has 4 rings (SSSR count).